The Balaban J connectivity index is 0.00000364. The average Bonchev–Trinajstić information content (AvgIpc) is 3.42. The topological polar surface area (TPSA) is 66.0 Å². The highest BCUT2D eigenvalue weighted by atomic mass is 127. The first-order valence-corrected chi connectivity index (χ1v) is 9.25. The van der Waals surface area contributed by atoms with Crippen molar-refractivity contribution in [2.45, 2.75) is 32.2 Å². The Labute approximate surface area is 180 Å². The Morgan fingerprint density at radius 2 is 1.96 bits per heavy atom. The van der Waals surface area contributed by atoms with Crippen LogP contribution in [0.4, 0.5) is 0 Å². The van der Waals surface area contributed by atoms with Crippen LogP contribution in [0.3, 0.4) is 0 Å². The van der Waals surface area contributed by atoms with Crippen LogP contribution in [0.2, 0.25) is 0 Å². The Bertz CT molecular complexity index is 603. The van der Waals surface area contributed by atoms with E-state index >= 15 is 0 Å². The minimum absolute atomic E-state index is 0. The third-order valence-corrected chi connectivity index (χ3v) is 4.95. The van der Waals surface area contributed by atoms with Crippen LogP contribution < -0.4 is 10.6 Å². The number of benzene rings is 1. The molecule has 1 saturated carbocycles. The lowest BCUT2D eigenvalue weighted by Gasteiger charge is -2.22. The lowest BCUT2D eigenvalue weighted by atomic mass is 10.0. The first kappa shape index (κ1) is 23.7. The standard InChI is InChI=1S/C20H32N4O2.HI/c1-16(17-8-6-5-7-9-17)23-19(21-14-18(25)24(2)3)22-15-20(10-11-20)12-13-26-4;/h5-9,16H,10-15H2,1-4H3,(H2,21,22,23);1H. The number of carbonyl (C=O) groups excluding carboxylic acids is 1. The molecule has 0 radical (unpaired) electrons. The Morgan fingerprint density at radius 3 is 2.52 bits per heavy atom. The maximum absolute atomic E-state index is 11.9. The lowest BCUT2D eigenvalue weighted by Crippen LogP contribution is -2.42. The molecule has 0 spiro atoms. The molecular weight excluding hydrogens is 455 g/mol. The number of nitrogens with one attached hydrogen (secondary N) is 2. The van der Waals surface area contributed by atoms with Crippen LogP contribution in [0.25, 0.3) is 0 Å². The number of guanidine groups is 1. The van der Waals surface area contributed by atoms with Crippen molar-refractivity contribution in [3.05, 3.63) is 35.9 Å². The molecule has 1 atom stereocenters. The maximum atomic E-state index is 11.9. The van der Waals surface area contributed by atoms with Gasteiger partial charge in [-0.25, -0.2) is 4.99 Å². The second-order valence-electron chi connectivity index (χ2n) is 7.33. The molecule has 1 fully saturated rings. The van der Waals surface area contributed by atoms with E-state index in [1.54, 1.807) is 26.1 Å². The summed E-state index contributed by atoms with van der Waals surface area (Å²) in [5.41, 5.74) is 1.49. The predicted octanol–water partition coefficient (Wildman–Crippen LogP) is 2.81. The van der Waals surface area contributed by atoms with Crippen molar-refractivity contribution in [3.8, 4) is 0 Å². The molecule has 2 rings (SSSR count). The van der Waals surface area contributed by atoms with Gasteiger partial charge in [-0.3, -0.25) is 4.79 Å². The second kappa shape index (κ2) is 11.5. The van der Waals surface area contributed by atoms with Crippen molar-refractivity contribution >= 4 is 35.8 Å². The normalized spacial score (nSPS) is 16.1. The molecule has 1 unspecified atom stereocenters. The number of ether oxygens (including phenoxy) is 1. The summed E-state index contributed by atoms with van der Waals surface area (Å²) in [4.78, 5) is 18.0. The molecule has 0 heterocycles. The van der Waals surface area contributed by atoms with E-state index < -0.39 is 0 Å². The van der Waals surface area contributed by atoms with Gasteiger partial charge in [-0.15, -0.1) is 24.0 Å². The molecular formula is C20H33IN4O2. The Kier molecular flexibility index (Phi) is 10.1. The van der Waals surface area contributed by atoms with Gasteiger partial charge in [-0.05, 0) is 37.2 Å². The molecule has 27 heavy (non-hydrogen) atoms. The molecule has 0 saturated heterocycles. The van der Waals surface area contributed by atoms with E-state index in [4.69, 9.17) is 4.74 Å². The SMILES string of the molecule is COCCC1(CNC(=NCC(=O)N(C)C)NC(C)c2ccccc2)CC1.I. The van der Waals surface area contributed by atoms with Gasteiger partial charge in [0.15, 0.2) is 5.96 Å². The predicted molar refractivity (Wildman–Crippen MR) is 121 cm³/mol. The van der Waals surface area contributed by atoms with Crippen molar-refractivity contribution in [1.29, 1.82) is 0 Å². The molecule has 1 aliphatic carbocycles. The van der Waals surface area contributed by atoms with Gasteiger partial charge in [-0.2, -0.15) is 0 Å². The zero-order chi connectivity index (χ0) is 19.0. The summed E-state index contributed by atoms with van der Waals surface area (Å²) in [5, 5.41) is 6.86. The van der Waals surface area contributed by atoms with Gasteiger partial charge >= 0.3 is 0 Å². The van der Waals surface area contributed by atoms with Crippen molar-refractivity contribution < 1.29 is 9.53 Å². The smallest absolute Gasteiger partial charge is 0.243 e. The highest BCUT2D eigenvalue weighted by Crippen LogP contribution is 2.48. The average molecular weight is 488 g/mol. The van der Waals surface area contributed by atoms with Crippen LogP contribution in [0.15, 0.2) is 35.3 Å². The Hall–Kier alpha value is -1.35. The van der Waals surface area contributed by atoms with Crippen molar-refractivity contribution in [2.75, 3.05) is 40.9 Å². The van der Waals surface area contributed by atoms with Crippen molar-refractivity contribution in [2.24, 2.45) is 10.4 Å². The largest absolute Gasteiger partial charge is 0.385 e. The van der Waals surface area contributed by atoms with Gasteiger partial charge in [0.25, 0.3) is 0 Å². The van der Waals surface area contributed by atoms with Crippen LogP contribution in [-0.2, 0) is 9.53 Å². The number of hydrogen-bond donors (Lipinski definition) is 2. The summed E-state index contributed by atoms with van der Waals surface area (Å²) in [6.45, 7) is 3.86. The van der Waals surface area contributed by atoms with Gasteiger partial charge in [0, 0.05) is 34.4 Å². The van der Waals surface area contributed by atoms with Crippen LogP contribution in [0, 0.1) is 5.41 Å². The number of rotatable bonds is 9. The second-order valence-corrected chi connectivity index (χ2v) is 7.33. The van der Waals surface area contributed by atoms with Gasteiger partial charge in [0.2, 0.25) is 5.91 Å². The molecule has 1 aromatic rings. The molecule has 6 nitrogen and oxygen atoms in total. The van der Waals surface area contributed by atoms with Gasteiger partial charge < -0.3 is 20.3 Å². The number of hydrogen-bond acceptors (Lipinski definition) is 3. The van der Waals surface area contributed by atoms with E-state index in [2.05, 4.69) is 34.7 Å². The highest BCUT2D eigenvalue weighted by Gasteiger charge is 2.41. The number of carbonyl (C=O) groups is 1. The maximum Gasteiger partial charge on any atom is 0.243 e. The van der Waals surface area contributed by atoms with Gasteiger partial charge in [-0.1, -0.05) is 30.3 Å². The van der Waals surface area contributed by atoms with Crippen LogP contribution in [0.1, 0.15) is 37.8 Å². The molecule has 2 N–H and O–H groups in total. The molecule has 0 aliphatic heterocycles. The van der Waals surface area contributed by atoms with E-state index in [9.17, 15) is 4.79 Å². The van der Waals surface area contributed by atoms with Crippen molar-refractivity contribution in [1.82, 2.24) is 15.5 Å². The molecule has 0 bridgehead atoms. The summed E-state index contributed by atoms with van der Waals surface area (Å²) in [6, 6.07) is 10.3. The van der Waals surface area contributed by atoms with Crippen LogP contribution >= 0.6 is 24.0 Å². The minimum atomic E-state index is -0.0148. The number of aliphatic imine (C=N–C) groups is 1. The first-order chi connectivity index (χ1) is 12.5. The van der Waals surface area contributed by atoms with Crippen LogP contribution in [0.5, 0.6) is 0 Å². The number of halogens is 1. The zero-order valence-electron chi connectivity index (χ0n) is 16.8. The number of amides is 1. The van der Waals surface area contributed by atoms with E-state index in [1.807, 2.05) is 18.2 Å². The quantitative estimate of drug-likeness (QED) is 0.319. The van der Waals surface area contributed by atoms with E-state index in [0.29, 0.717) is 11.4 Å². The number of likely N-dealkylation sites (N-methyl/N-ethyl adjacent to an activating group) is 1. The number of nitrogens with zero attached hydrogens (tertiary/aromatic N) is 2. The fraction of sp³-hybridized carbons (Fsp3) is 0.600. The summed E-state index contributed by atoms with van der Waals surface area (Å²) in [5.74, 6) is 0.666. The van der Waals surface area contributed by atoms with E-state index in [0.717, 1.165) is 19.6 Å². The molecule has 1 aromatic carbocycles. The first-order valence-electron chi connectivity index (χ1n) is 9.25. The van der Waals surface area contributed by atoms with Gasteiger partial charge in [0.05, 0.1) is 6.04 Å². The van der Waals surface area contributed by atoms with Crippen molar-refractivity contribution in [3.63, 3.8) is 0 Å². The highest BCUT2D eigenvalue weighted by molar-refractivity contribution is 14.0. The molecule has 1 amide bonds. The van der Waals surface area contributed by atoms with E-state index in [-0.39, 0.29) is 42.5 Å². The Morgan fingerprint density at radius 1 is 1.30 bits per heavy atom. The monoisotopic (exact) mass is 488 g/mol. The summed E-state index contributed by atoms with van der Waals surface area (Å²) in [7, 11) is 5.23. The fourth-order valence-corrected chi connectivity index (χ4v) is 2.75. The van der Waals surface area contributed by atoms with Gasteiger partial charge in [0.1, 0.15) is 6.54 Å². The summed E-state index contributed by atoms with van der Waals surface area (Å²) < 4.78 is 5.23. The molecule has 1 aliphatic rings. The lowest BCUT2D eigenvalue weighted by molar-refractivity contribution is -0.127. The zero-order valence-corrected chi connectivity index (χ0v) is 19.2. The summed E-state index contributed by atoms with van der Waals surface area (Å²) >= 11 is 0. The third-order valence-electron chi connectivity index (χ3n) is 4.95. The molecule has 0 aromatic heterocycles. The minimum Gasteiger partial charge on any atom is -0.385 e. The fourth-order valence-electron chi connectivity index (χ4n) is 2.75. The van der Waals surface area contributed by atoms with E-state index in [1.165, 1.54) is 18.4 Å². The molecule has 7 heteroatoms. The number of methoxy groups -OCH3 is 1. The molecule has 152 valence electrons. The third kappa shape index (κ3) is 8.04. The van der Waals surface area contributed by atoms with Crippen LogP contribution in [-0.4, -0.2) is 57.7 Å². The summed E-state index contributed by atoms with van der Waals surface area (Å²) in [6.07, 6.45) is 3.47.